The van der Waals surface area contributed by atoms with Crippen molar-refractivity contribution in [3.05, 3.63) is 244 Å². The zero-order valence-electron chi connectivity index (χ0n) is 39.5. The maximum absolute atomic E-state index is 9.81. The van der Waals surface area contributed by atoms with Crippen LogP contribution in [0, 0.1) is 13.8 Å². The van der Waals surface area contributed by atoms with Crippen molar-refractivity contribution < 1.29 is 69.0 Å². The molecule has 0 aliphatic carbocycles. The van der Waals surface area contributed by atoms with Gasteiger partial charge in [0, 0.05) is 84.0 Å². The van der Waals surface area contributed by atoms with Crippen molar-refractivity contribution in [3.8, 4) is 0 Å². The largest absolute Gasteiger partial charge is 1.00 e. The molecule has 0 aliphatic rings. The van der Waals surface area contributed by atoms with Crippen LogP contribution in [-0.2, 0) is 34.8 Å². The number of halogens is 2. The number of aromatic nitrogens is 1. The number of hydrogen-bond donors (Lipinski definition) is 5. The number of nitrogens with two attached hydrogens (primary N) is 1. The number of aliphatic carboxylic acids is 2. The van der Waals surface area contributed by atoms with E-state index in [0.29, 0.717) is 6.42 Å². The van der Waals surface area contributed by atoms with E-state index in [4.69, 9.17) is 25.6 Å². The van der Waals surface area contributed by atoms with Crippen LogP contribution in [0.1, 0.15) is 67.6 Å². The van der Waals surface area contributed by atoms with Crippen LogP contribution in [0.25, 0.3) is 10.9 Å². The molecule has 0 amide bonds. The topological polar surface area (TPSA) is 170 Å². The second-order valence-electron chi connectivity index (χ2n) is 14.2. The van der Waals surface area contributed by atoms with Crippen LogP contribution >= 0.6 is 15.9 Å². The second-order valence-corrected chi connectivity index (χ2v) is 15.1. The number of hydrazone groups is 2. The van der Waals surface area contributed by atoms with E-state index in [2.05, 4.69) is 98.9 Å². The molecule has 0 fully saturated rings. The maximum Gasteiger partial charge on any atom is 0.300 e. The number of fused-ring (bicyclic) bond motifs is 1. The van der Waals surface area contributed by atoms with E-state index in [1.54, 1.807) is 6.92 Å². The van der Waals surface area contributed by atoms with E-state index in [9.17, 15) is 4.79 Å². The number of nitrogens with one attached hydrogen (secondary N) is 2. The Bertz CT molecular complexity index is 2570. The normalized spacial score (nSPS) is 8.97. The van der Waals surface area contributed by atoms with Gasteiger partial charge in [-0.2, -0.15) is 10.2 Å². The van der Waals surface area contributed by atoms with Crippen LogP contribution in [0.15, 0.2) is 221 Å². The van der Waals surface area contributed by atoms with Crippen molar-refractivity contribution in [1.29, 1.82) is 0 Å². The van der Waals surface area contributed by atoms with Crippen LogP contribution in [0.4, 0.5) is 5.69 Å². The molecule has 1 aromatic heterocycles. The summed E-state index contributed by atoms with van der Waals surface area (Å²) in [5.41, 5.74) is 14.0. The third-order valence-corrected chi connectivity index (χ3v) is 9.36. The van der Waals surface area contributed by atoms with Gasteiger partial charge in [-0.1, -0.05) is 199 Å². The molecule has 0 aliphatic heterocycles. The summed E-state index contributed by atoms with van der Waals surface area (Å²) in [6.07, 6.45) is 0.667. The molecule has 0 atom stereocenters. The third kappa shape index (κ3) is 27.2. The Balaban J connectivity index is 0.000000850. The molecule has 364 valence electrons. The van der Waals surface area contributed by atoms with E-state index >= 15 is 0 Å². The molecule has 69 heavy (non-hydrogen) atoms. The number of carbonyl (C=O) groups excluding carboxylic acids is 1. The standard InChI is InChI=1S/C19H16N2.C13H12N2.C10H11N.C6H5Br.C4H8O.2C2H4O2.HI.Pd/c1-4-10-16(11-5-1)19(17-12-6-2-7-13-17)21-20-18-14-8-3-9-15-18;14-15-13(11-7-3-1-4-8-11)12-9-5-2-6-10-12;1-7-8(2)11-10-6-4-3-5-9(7)10;7-6-4-2-1-3-5-6;1-3-4(2)5;2*1-2(3)4;;/h1-15,20H;1-10H,14H2;3-6,11H,1-2H3;1-5H;3H2,1-2H3;2*1H3,(H,3,4);1H;/p-1. The van der Waals surface area contributed by atoms with Gasteiger partial charge in [-0.05, 0) is 56.7 Å². The fourth-order valence-electron chi connectivity index (χ4n) is 5.46. The molecule has 10 nitrogen and oxygen atoms in total. The molecule has 6 N–H and O–H groups in total. The number of H-pyrrole nitrogens is 1. The maximum atomic E-state index is 9.81. The van der Waals surface area contributed by atoms with Crippen molar-refractivity contribution in [2.45, 2.75) is 48.0 Å². The number of rotatable bonds is 7. The van der Waals surface area contributed by atoms with E-state index in [1.165, 1.54) is 22.2 Å². The van der Waals surface area contributed by atoms with Gasteiger partial charge in [0.1, 0.15) is 5.78 Å². The molecule has 0 radical (unpaired) electrons. The van der Waals surface area contributed by atoms with Crippen molar-refractivity contribution in [1.82, 2.24) is 4.98 Å². The fourth-order valence-corrected chi connectivity index (χ4v) is 5.77. The minimum Gasteiger partial charge on any atom is -1.00 e. The van der Waals surface area contributed by atoms with E-state index in [1.807, 2.05) is 165 Å². The summed E-state index contributed by atoms with van der Waals surface area (Å²) in [6, 6.07) is 68.5. The average molecular weight is 1200 g/mol. The number of aromatic amines is 1. The van der Waals surface area contributed by atoms with Crippen molar-refractivity contribution in [3.63, 3.8) is 0 Å². The number of anilines is 1. The molecule has 0 saturated carbocycles. The van der Waals surface area contributed by atoms with Gasteiger partial charge in [0.25, 0.3) is 11.9 Å². The summed E-state index contributed by atoms with van der Waals surface area (Å²) >= 11 is 3.31. The smallest absolute Gasteiger partial charge is 0.300 e. The summed E-state index contributed by atoms with van der Waals surface area (Å²) < 4.78 is 1.13. The summed E-state index contributed by atoms with van der Waals surface area (Å²) in [5.74, 6) is 4.01. The number of benzene rings is 7. The van der Waals surface area contributed by atoms with Crippen molar-refractivity contribution in [2.75, 3.05) is 5.43 Å². The van der Waals surface area contributed by atoms with Gasteiger partial charge in [-0.25, -0.2) is 0 Å². The minimum absolute atomic E-state index is 0. The number of nitrogens with zero attached hydrogens (tertiary/aromatic N) is 2. The average Bonchev–Trinajstić information content (AvgIpc) is 3.63. The molecular formula is C56H60BrIN5O5Pd-. The van der Waals surface area contributed by atoms with Crippen LogP contribution in [0.5, 0.6) is 0 Å². The first kappa shape index (κ1) is 62.5. The molecule has 0 saturated heterocycles. The minimum atomic E-state index is -0.833. The Labute approximate surface area is 446 Å². The van der Waals surface area contributed by atoms with E-state index < -0.39 is 11.9 Å². The Hall–Kier alpha value is -6.50. The number of carboxylic acids is 2. The zero-order valence-corrected chi connectivity index (χ0v) is 44.8. The monoisotopic (exact) mass is 1190 g/mol. The molecule has 8 aromatic rings. The second kappa shape index (κ2) is 37.5. The predicted octanol–water partition coefficient (Wildman–Crippen LogP) is 10.4. The fraction of sp³-hybridized carbons (Fsp3) is 0.125. The quantitative estimate of drug-likeness (QED) is 0.0348. The molecule has 8 rings (SSSR count). The first-order chi connectivity index (χ1) is 32.3. The van der Waals surface area contributed by atoms with Gasteiger partial charge in [-0.15, -0.1) is 0 Å². The number of para-hydroxylation sites is 2. The van der Waals surface area contributed by atoms with Crippen molar-refractivity contribution >= 4 is 61.7 Å². The molecule has 0 unspecified atom stereocenters. The SMILES string of the molecule is Brc1ccccc1.CC(=O)O.CC(=O)O.CCC(C)=O.Cc1[nH]c2ccccc2c1C.NN=C(c1ccccc1)c1ccccc1.[I-].[Pd].c1ccc(NN=C(c2ccccc2)c2ccccc2)cc1. The number of carboxylic acid groups (broad SMARTS) is 2. The summed E-state index contributed by atoms with van der Waals surface area (Å²) in [4.78, 5) is 31.1. The van der Waals surface area contributed by atoms with E-state index in [-0.39, 0.29) is 50.2 Å². The predicted molar refractivity (Wildman–Crippen MR) is 281 cm³/mol. The summed E-state index contributed by atoms with van der Waals surface area (Å²) in [5, 5.41) is 24.6. The van der Waals surface area contributed by atoms with Gasteiger partial charge in [0.15, 0.2) is 0 Å². The Morgan fingerprint density at radius 2 is 0.855 bits per heavy atom. The molecular weight excluding hydrogens is 1140 g/mol. The van der Waals surface area contributed by atoms with Gasteiger partial charge in [0.05, 0.1) is 17.1 Å². The number of carbonyl (C=O) groups is 3. The Morgan fingerprint density at radius 1 is 0.551 bits per heavy atom. The van der Waals surface area contributed by atoms with Gasteiger partial charge >= 0.3 is 0 Å². The van der Waals surface area contributed by atoms with Crippen LogP contribution in [0.3, 0.4) is 0 Å². The third-order valence-electron chi connectivity index (χ3n) is 8.84. The number of aryl methyl sites for hydroxylation is 2. The van der Waals surface area contributed by atoms with Gasteiger partial charge in [-0.3, -0.25) is 15.0 Å². The molecule has 1 heterocycles. The first-order valence-corrected chi connectivity index (χ1v) is 22.1. The van der Waals surface area contributed by atoms with E-state index in [0.717, 1.165) is 57.7 Å². The molecule has 7 aromatic carbocycles. The molecule has 13 heteroatoms. The zero-order chi connectivity index (χ0) is 49.2. The van der Waals surface area contributed by atoms with Crippen LogP contribution < -0.4 is 35.2 Å². The van der Waals surface area contributed by atoms with Gasteiger partial charge in [0.2, 0.25) is 0 Å². The number of Topliss-reactive ketones (excluding diaryl/α,β-unsaturated/α-hetero) is 1. The summed E-state index contributed by atoms with van der Waals surface area (Å²) in [7, 11) is 0. The van der Waals surface area contributed by atoms with Crippen LogP contribution in [0.2, 0.25) is 0 Å². The molecule has 0 bridgehead atoms. The van der Waals surface area contributed by atoms with Crippen LogP contribution in [-0.4, -0.2) is 44.3 Å². The Morgan fingerprint density at radius 3 is 1.16 bits per heavy atom. The Kier molecular flexibility index (Phi) is 34.0. The molecule has 0 spiro atoms. The van der Waals surface area contributed by atoms with Crippen molar-refractivity contribution in [2.24, 2.45) is 16.0 Å². The number of ketones is 1. The first-order valence-electron chi connectivity index (χ1n) is 21.3. The summed E-state index contributed by atoms with van der Waals surface area (Å²) in [6.45, 7) is 9.85. The van der Waals surface area contributed by atoms with Gasteiger partial charge < -0.3 is 49.8 Å². The number of hydrogen-bond acceptors (Lipinski definition) is 7.